The van der Waals surface area contributed by atoms with E-state index in [1.165, 1.54) is 0 Å². The Labute approximate surface area is 130 Å². The van der Waals surface area contributed by atoms with Gasteiger partial charge < -0.3 is 4.74 Å². The van der Waals surface area contributed by atoms with Gasteiger partial charge in [-0.15, -0.1) is 0 Å². The zero-order chi connectivity index (χ0) is 18.1. The lowest BCUT2D eigenvalue weighted by molar-refractivity contribution is -0.143. The average molecular weight is 352 g/mol. The first-order valence-corrected chi connectivity index (χ1v) is 6.23. The van der Waals surface area contributed by atoms with Crippen LogP contribution in [-0.2, 0) is 12.4 Å². The van der Waals surface area contributed by atoms with E-state index >= 15 is 0 Å². The molecule has 0 aromatic heterocycles. The highest BCUT2D eigenvalue weighted by Gasteiger charge is 2.37. The van der Waals surface area contributed by atoms with Crippen molar-refractivity contribution in [3.8, 4) is 11.5 Å². The number of alkyl halides is 6. The fraction of sp³-hybridized carbons (Fsp3) is 0.133. The zero-order valence-electron chi connectivity index (χ0n) is 11.5. The molecule has 0 heterocycles. The molecule has 2 aromatic rings. The van der Waals surface area contributed by atoms with Crippen LogP contribution in [0.4, 0.5) is 30.7 Å². The van der Waals surface area contributed by atoms with E-state index in [0.717, 1.165) is 12.1 Å². The molecule has 2 aromatic carbocycles. The number of aldehydes is 1. The summed E-state index contributed by atoms with van der Waals surface area (Å²) in [7, 11) is 0. The summed E-state index contributed by atoms with van der Waals surface area (Å²) in [5.74, 6) is -2.15. The van der Waals surface area contributed by atoms with Gasteiger partial charge in [0.25, 0.3) is 0 Å². The molecule has 0 aliphatic carbocycles. The van der Waals surface area contributed by atoms with E-state index in [9.17, 15) is 35.5 Å². The number of ether oxygens (including phenoxy) is 1. The van der Waals surface area contributed by atoms with E-state index in [1.54, 1.807) is 0 Å². The molecule has 0 spiro atoms. The number of carbonyl (C=O) groups excluding carboxylic acids is 1. The Morgan fingerprint density at radius 1 is 0.792 bits per heavy atom. The number of halogens is 7. The minimum atomic E-state index is -5.02. The third-order valence-corrected chi connectivity index (χ3v) is 2.90. The first-order chi connectivity index (χ1) is 11.0. The molecule has 2 rings (SSSR count). The third-order valence-electron chi connectivity index (χ3n) is 2.90. The van der Waals surface area contributed by atoms with E-state index in [2.05, 4.69) is 0 Å². The molecule has 0 N–H and O–H groups in total. The highest BCUT2D eigenvalue weighted by molar-refractivity contribution is 5.75. The highest BCUT2D eigenvalue weighted by atomic mass is 19.4. The minimum Gasteiger partial charge on any atom is -0.457 e. The molecule has 9 heteroatoms. The number of hydrogen-bond donors (Lipinski definition) is 0. The summed E-state index contributed by atoms with van der Waals surface area (Å²) in [6.07, 6.45) is -9.84. The summed E-state index contributed by atoms with van der Waals surface area (Å²) >= 11 is 0. The second kappa shape index (κ2) is 6.14. The van der Waals surface area contributed by atoms with E-state index in [-0.39, 0.29) is 23.7 Å². The van der Waals surface area contributed by atoms with Crippen molar-refractivity contribution in [1.82, 2.24) is 0 Å². The van der Waals surface area contributed by atoms with Gasteiger partial charge in [0.05, 0.1) is 16.7 Å². The van der Waals surface area contributed by atoms with Gasteiger partial charge in [0.2, 0.25) is 0 Å². The monoisotopic (exact) mass is 352 g/mol. The topological polar surface area (TPSA) is 26.3 Å². The Balaban J connectivity index is 2.46. The maximum Gasteiger partial charge on any atom is 0.416 e. The van der Waals surface area contributed by atoms with Crippen molar-refractivity contribution in [3.63, 3.8) is 0 Å². The van der Waals surface area contributed by atoms with Crippen LogP contribution in [0.25, 0.3) is 0 Å². The number of hydrogen-bond acceptors (Lipinski definition) is 2. The quantitative estimate of drug-likeness (QED) is 0.541. The summed E-state index contributed by atoms with van der Waals surface area (Å²) < 4.78 is 94.6. The van der Waals surface area contributed by atoms with Crippen LogP contribution in [0, 0.1) is 5.82 Å². The molecular weight excluding hydrogens is 345 g/mol. The number of carbonyl (C=O) groups is 1. The summed E-state index contributed by atoms with van der Waals surface area (Å²) in [5.41, 5.74) is -3.45. The molecule has 0 aliphatic heterocycles. The molecule has 0 atom stereocenters. The fourth-order valence-electron chi connectivity index (χ4n) is 1.79. The van der Waals surface area contributed by atoms with Crippen molar-refractivity contribution in [3.05, 3.63) is 58.9 Å². The lowest BCUT2D eigenvalue weighted by atomic mass is 10.1. The van der Waals surface area contributed by atoms with Crippen LogP contribution in [0.5, 0.6) is 11.5 Å². The van der Waals surface area contributed by atoms with E-state index in [1.807, 2.05) is 0 Å². The summed E-state index contributed by atoms with van der Waals surface area (Å²) in [6.45, 7) is 0. The van der Waals surface area contributed by atoms with Crippen LogP contribution in [0.15, 0.2) is 36.4 Å². The number of rotatable bonds is 3. The van der Waals surface area contributed by atoms with Crippen molar-refractivity contribution in [2.75, 3.05) is 0 Å². The van der Waals surface area contributed by atoms with Crippen molar-refractivity contribution in [2.45, 2.75) is 12.4 Å². The van der Waals surface area contributed by atoms with Gasteiger partial charge in [-0.2, -0.15) is 26.3 Å². The van der Waals surface area contributed by atoms with Gasteiger partial charge >= 0.3 is 12.4 Å². The fourth-order valence-corrected chi connectivity index (χ4v) is 1.79. The molecule has 128 valence electrons. The van der Waals surface area contributed by atoms with Crippen LogP contribution in [0.2, 0.25) is 0 Å². The second-order valence-electron chi connectivity index (χ2n) is 4.64. The number of benzene rings is 2. The maximum atomic E-state index is 13.4. The largest absolute Gasteiger partial charge is 0.457 e. The Morgan fingerprint density at radius 2 is 1.33 bits per heavy atom. The minimum absolute atomic E-state index is 0.0526. The molecule has 0 radical (unpaired) electrons. The second-order valence-corrected chi connectivity index (χ2v) is 4.64. The molecule has 24 heavy (non-hydrogen) atoms. The van der Waals surface area contributed by atoms with Crippen molar-refractivity contribution >= 4 is 6.29 Å². The first-order valence-electron chi connectivity index (χ1n) is 6.23. The summed E-state index contributed by atoms with van der Waals surface area (Å²) in [4.78, 5) is 10.5. The SMILES string of the molecule is O=Cc1ccc(Oc2cc(C(F)(F)F)cc(C(F)(F)F)c2)cc1F. The van der Waals surface area contributed by atoms with Gasteiger partial charge in [-0.25, -0.2) is 4.39 Å². The molecule has 0 unspecified atom stereocenters. The molecule has 0 fully saturated rings. The van der Waals surface area contributed by atoms with Gasteiger partial charge in [0, 0.05) is 6.07 Å². The molecule has 0 saturated carbocycles. The van der Waals surface area contributed by atoms with Gasteiger partial charge in [-0.05, 0) is 30.3 Å². The van der Waals surface area contributed by atoms with Crippen LogP contribution in [0.1, 0.15) is 21.5 Å². The summed E-state index contributed by atoms with van der Waals surface area (Å²) in [6, 6.07) is 3.37. The standard InChI is InChI=1S/C15H7F7O2/c16-13-6-11(2-1-8(13)7-23)24-12-4-9(14(17,18)19)3-10(5-12)15(20,21)22/h1-7H. The van der Waals surface area contributed by atoms with Gasteiger partial charge in [0.1, 0.15) is 17.3 Å². The van der Waals surface area contributed by atoms with E-state index < -0.39 is 35.0 Å². The predicted molar refractivity (Wildman–Crippen MR) is 68.3 cm³/mol. The van der Waals surface area contributed by atoms with Crippen LogP contribution < -0.4 is 4.74 Å². The van der Waals surface area contributed by atoms with E-state index in [0.29, 0.717) is 18.2 Å². The molecule has 0 saturated heterocycles. The molecule has 0 aliphatic rings. The normalized spacial score (nSPS) is 12.1. The molecule has 0 bridgehead atoms. The van der Waals surface area contributed by atoms with E-state index in [4.69, 9.17) is 4.74 Å². The van der Waals surface area contributed by atoms with Gasteiger partial charge in [-0.1, -0.05) is 0 Å². The molecule has 0 amide bonds. The van der Waals surface area contributed by atoms with Crippen LogP contribution >= 0.6 is 0 Å². The van der Waals surface area contributed by atoms with Gasteiger partial charge in [-0.3, -0.25) is 4.79 Å². The smallest absolute Gasteiger partial charge is 0.416 e. The van der Waals surface area contributed by atoms with Crippen molar-refractivity contribution in [2.24, 2.45) is 0 Å². The third kappa shape index (κ3) is 4.03. The van der Waals surface area contributed by atoms with Gasteiger partial charge in [0.15, 0.2) is 6.29 Å². The highest BCUT2D eigenvalue weighted by Crippen LogP contribution is 2.39. The van der Waals surface area contributed by atoms with Crippen LogP contribution in [-0.4, -0.2) is 6.29 Å². The lowest BCUT2D eigenvalue weighted by Crippen LogP contribution is -2.11. The average Bonchev–Trinajstić information content (AvgIpc) is 2.45. The van der Waals surface area contributed by atoms with Crippen LogP contribution in [0.3, 0.4) is 0 Å². The Hall–Kier alpha value is -2.58. The maximum absolute atomic E-state index is 13.4. The molecular formula is C15H7F7O2. The Morgan fingerprint density at radius 3 is 1.75 bits per heavy atom. The Bertz CT molecular complexity index is 731. The van der Waals surface area contributed by atoms with Crippen molar-refractivity contribution in [1.29, 1.82) is 0 Å². The predicted octanol–water partition coefficient (Wildman–Crippen LogP) is 5.47. The summed E-state index contributed by atoms with van der Waals surface area (Å²) in [5, 5.41) is 0. The zero-order valence-corrected chi connectivity index (χ0v) is 11.5. The molecule has 2 nitrogen and oxygen atoms in total. The lowest BCUT2D eigenvalue weighted by Gasteiger charge is -2.14. The Kier molecular flexibility index (Phi) is 4.54. The van der Waals surface area contributed by atoms with Crippen molar-refractivity contribution < 1.29 is 40.3 Å². The first kappa shape index (κ1) is 17.8.